The highest BCUT2D eigenvalue weighted by Gasteiger charge is 2.17. The van der Waals surface area contributed by atoms with Crippen LogP contribution in [0.4, 0.5) is 11.5 Å². The summed E-state index contributed by atoms with van der Waals surface area (Å²) in [7, 11) is 0. The van der Waals surface area contributed by atoms with Crippen LogP contribution in [-0.2, 0) is 14.4 Å². The number of Topliss-reactive ketones (excluding diaryl/α,β-unsaturated/α-hetero) is 1. The van der Waals surface area contributed by atoms with E-state index in [1.807, 2.05) is 24.4 Å². The molecule has 0 unspecified atom stereocenters. The van der Waals surface area contributed by atoms with Gasteiger partial charge in [-0.15, -0.1) is 0 Å². The standard InChI is InChI=1S/C21H26N4O2.C2H2O4/c1-17(26)23-19-9-7-18(8-10-19)20(27)5-4-12-24-13-15-25(16-14-24)21-6-2-3-11-22-21;3-1(4)2(5)6/h2-3,6-11H,4-5,12-16H2,1H3,(H,23,26);(H,3,4)(H,5,6). The lowest BCUT2D eigenvalue weighted by molar-refractivity contribution is -0.159. The van der Waals surface area contributed by atoms with Crippen LogP contribution in [0.25, 0.3) is 0 Å². The van der Waals surface area contributed by atoms with Crippen molar-refractivity contribution >= 4 is 35.1 Å². The van der Waals surface area contributed by atoms with Crippen molar-refractivity contribution in [3.8, 4) is 0 Å². The maximum atomic E-state index is 12.3. The molecular formula is C23H28N4O6. The molecule has 1 amide bonds. The van der Waals surface area contributed by atoms with E-state index in [-0.39, 0.29) is 11.7 Å². The van der Waals surface area contributed by atoms with Gasteiger partial charge in [-0.3, -0.25) is 14.5 Å². The van der Waals surface area contributed by atoms with Crippen molar-refractivity contribution in [2.45, 2.75) is 19.8 Å². The van der Waals surface area contributed by atoms with Crippen LogP contribution in [0.3, 0.4) is 0 Å². The third kappa shape index (κ3) is 9.08. The van der Waals surface area contributed by atoms with Gasteiger partial charge in [0, 0.05) is 57.0 Å². The molecule has 0 bridgehead atoms. The Bertz CT molecular complexity index is 929. The van der Waals surface area contributed by atoms with E-state index in [0.29, 0.717) is 17.7 Å². The molecular weight excluding hydrogens is 428 g/mol. The van der Waals surface area contributed by atoms with E-state index in [2.05, 4.69) is 20.1 Å². The van der Waals surface area contributed by atoms with Gasteiger partial charge in [-0.1, -0.05) is 6.07 Å². The van der Waals surface area contributed by atoms with Crippen LogP contribution in [0.1, 0.15) is 30.1 Å². The molecule has 3 rings (SSSR count). The number of ketones is 1. The second-order valence-corrected chi connectivity index (χ2v) is 7.41. The summed E-state index contributed by atoms with van der Waals surface area (Å²) in [6, 6.07) is 13.1. The van der Waals surface area contributed by atoms with Crippen LogP contribution in [0.5, 0.6) is 0 Å². The number of aliphatic carboxylic acids is 2. The first-order valence-corrected chi connectivity index (χ1v) is 10.5. The number of piperazine rings is 1. The van der Waals surface area contributed by atoms with E-state index < -0.39 is 11.9 Å². The number of nitrogens with one attached hydrogen (secondary N) is 1. The third-order valence-electron chi connectivity index (χ3n) is 4.93. The fraction of sp³-hybridized carbons (Fsp3) is 0.348. The topological polar surface area (TPSA) is 140 Å². The van der Waals surface area contributed by atoms with Gasteiger partial charge in [0.25, 0.3) is 0 Å². The van der Waals surface area contributed by atoms with Gasteiger partial charge < -0.3 is 20.4 Å². The number of rotatable bonds is 7. The number of nitrogens with zero attached hydrogens (tertiary/aromatic N) is 3. The highest BCUT2D eigenvalue weighted by Crippen LogP contribution is 2.14. The van der Waals surface area contributed by atoms with E-state index in [9.17, 15) is 9.59 Å². The van der Waals surface area contributed by atoms with Crippen molar-refractivity contribution in [2.75, 3.05) is 42.9 Å². The number of pyridine rings is 1. The molecule has 176 valence electrons. The number of benzene rings is 1. The van der Waals surface area contributed by atoms with E-state index in [4.69, 9.17) is 19.8 Å². The monoisotopic (exact) mass is 456 g/mol. The summed E-state index contributed by atoms with van der Waals surface area (Å²) in [5, 5.41) is 17.5. The number of carbonyl (C=O) groups is 4. The third-order valence-corrected chi connectivity index (χ3v) is 4.93. The molecule has 33 heavy (non-hydrogen) atoms. The normalized spacial score (nSPS) is 13.4. The quantitative estimate of drug-likeness (QED) is 0.421. The van der Waals surface area contributed by atoms with Gasteiger partial charge in [0.1, 0.15) is 5.82 Å². The first-order chi connectivity index (χ1) is 15.8. The van der Waals surface area contributed by atoms with Gasteiger partial charge in [-0.2, -0.15) is 0 Å². The summed E-state index contributed by atoms with van der Waals surface area (Å²) in [5.74, 6) is -2.58. The van der Waals surface area contributed by atoms with Crippen molar-refractivity contribution in [3.63, 3.8) is 0 Å². The molecule has 10 nitrogen and oxygen atoms in total. The highest BCUT2D eigenvalue weighted by molar-refractivity contribution is 6.27. The highest BCUT2D eigenvalue weighted by atomic mass is 16.4. The number of amides is 1. The van der Waals surface area contributed by atoms with Crippen molar-refractivity contribution in [3.05, 3.63) is 54.2 Å². The summed E-state index contributed by atoms with van der Waals surface area (Å²) in [6.45, 7) is 6.33. The van der Waals surface area contributed by atoms with Crippen LogP contribution in [0.15, 0.2) is 48.7 Å². The molecule has 0 aliphatic carbocycles. The molecule has 3 N–H and O–H groups in total. The Morgan fingerprint density at radius 3 is 2.09 bits per heavy atom. The van der Waals surface area contributed by atoms with Crippen molar-refractivity contribution in [2.24, 2.45) is 0 Å². The fourth-order valence-electron chi connectivity index (χ4n) is 3.29. The number of anilines is 2. The number of hydrogen-bond donors (Lipinski definition) is 3. The summed E-state index contributed by atoms with van der Waals surface area (Å²) in [4.78, 5) is 50.7. The molecule has 1 aromatic carbocycles. The van der Waals surface area contributed by atoms with Crippen LogP contribution in [-0.4, -0.2) is 76.4 Å². The second kappa shape index (κ2) is 12.9. The lowest BCUT2D eigenvalue weighted by Crippen LogP contribution is -2.46. The molecule has 2 aromatic rings. The Morgan fingerprint density at radius 2 is 1.58 bits per heavy atom. The molecule has 0 spiro atoms. The lowest BCUT2D eigenvalue weighted by atomic mass is 10.1. The molecule has 0 saturated carbocycles. The van der Waals surface area contributed by atoms with Gasteiger partial charge >= 0.3 is 11.9 Å². The summed E-state index contributed by atoms with van der Waals surface area (Å²) < 4.78 is 0. The Morgan fingerprint density at radius 1 is 0.939 bits per heavy atom. The van der Waals surface area contributed by atoms with E-state index in [0.717, 1.165) is 45.0 Å². The Kier molecular flexibility index (Phi) is 9.97. The van der Waals surface area contributed by atoms with Crippen LogP contribution >= 0.6 is 0 Å². The summed E-state index contributed by atoms with van der Waals surface area (Å²) in [6.07, 6.45) is 3.23. The van der Waals surface area contributed by atoms with E-state index >= 15 is 0 Å². The molecule has 0 radical (unpaired) electrons. The Hall–Kier alpha value is -3.79. The van der Waals surface area contributed by atoms with E-state index in [1.165, 1.54) is 6.92 Å². The number of aromatic nitrogens is 1. The van der Waals surface area contributed by atoms with Crippen molar-refractivity contribution < 1.29 is 29.4 Å². The molecule has 1 aliphatic rings. The van der Waals surface area contributed by atoms with Gasteiger partial charge in [0.2, 0.25) is 5.91 Å². The first-order valence-electron chi connectivity index (χ1n) is 10.5. The van der Waals surface area contributed by atoms with Gasteiger partial charge in [0.05, 0.1) is 0 Å². The Balaban J connectivity index is 0.000000569. The zero-order chi connectivity index (χ0) is 24.2. The number of carboxylic acids is 2. The predicted octanol–water partition coefficient (Wildman–Crippen LogP) is 1.98. The van der Waals surface area contributed by atoms with Crippen molar-refractivity contribution in [1.29, 1.82) is 0 Å². The molecule has 1 saturated heterocycles. The minimum absolute atomic E-state index is 0.114. The molecule has 10 heteroatoms. The maximum Gasteiger partial charge on any atom is 0.414 e. The number of carboxylic acid groups (broad SMARTS) is 2. The zero-order valence-corrected chi connectivity index (χ0v) is 18.4. The fourth-order valence-corrected chi connectivity index (χ4v) is 3.29. The number of hydrogen-bond acceptors (Lipinski definition) is 7. The van der Waals surface area contributed by atoms with Crippen LogP contribution < -0.4 is 10.2 Å². The lowest BCUT2D eigenvalue weighted by Gasteiger charge is -2.35. The average molecular weight is 456 g/mol. The van der Waals surface area contributed by atoms with Crippen LogP contribution in [0, 0.1) is 0 Å². The first kappa shape index (κ1) is 25.5. The molecule has 1 aromatic heterocycles. The predicted molar refractivity (Wildman–Crippen MR) is 122 cm³/mol. The number of carbonyl (C=O) groups excluding carboxylic acids is 2. The molecule has 0 atom stereocenters. The smallest absolute Gasteiger partial charge is 0.414 e. The average Bonchev–Trinajstić information content (AvgIpc) is 2.80. The molecule has 1 fully saturated rings. The minimum atomic E-state index is -1.82. The molecule has 2 heterocycles. The van der Waals surface area contributed by atoms with E-state index in [1.54, 1.807) is 24.3 Å². The zero-order valence-electron chi connectivity index (χ0n) is 18.4. The van der Waals surface area contributed by atoms with Gasteiger partial charge in [0.15, 0.2) is 5.78 Å². The maximum absolute atomic E-state index is 12.3. The van der Waals surface area contributed by atoms with Crippen molar-refractivity contribution in [1.82, 2.24) is 9.88 Å². The van der Waals surface area contributed by atoms with Crippen LogP contribution in [0.2, 0.25) is 0 Å². The minimum Gasteiger partial charge on any atom is -0.473 e. The summed E-state index contributed by atoms with van der Waals surface area (Å²) >= 11 is 0. The Labute approximate surface area is 191 Å². The molecule has 1 aliphatic heterocycles. The van der Waals surface area contributed by atoms with Gasteiger partial charge in [-0.05, 0) is 49.4 Å². The largest absolute Gasteiger partial charge is 0.473 e. The SMILES string of the molecule is CC(=O)Nc1ccc(C(=O)CCCN2CCN(c3ccccn3)CC2)cc1.O=C(O)C(=O)O. The van der Waals surface area contributed by atoms with Gasteiger partial charge in [-0.25, -0.2) is 14.6 Å². The summed E-state index contributed by atoms with van der Waals surface area (Å²) in [5.41, 5.74) is 1.41. The second-order valence-electron chi connectivity index (χ2n) is 7.41.